The summed E-state index contributed by atoms with van der Waals surface area (Å²) in [6.07, 6.45) is 11.5. The first-order valence-corrected chi connectivity index (χ1v) is 8.45. The number of rotatable bonds is 4. The monoisotopic (exact) mass is 319 g/mol. The van der Waals surface area contributed by atoms with Crippen molar-refractivity contribution in [1.29, 1.82) is 0 Å². The molecule has 3 heterocycles. The van der Waals surface area contributed by atoms with Gasteiger partial charge in [-0.3, -0.25) is 14.5 Å². The molecule has 0 spiro atoms. The molecule has 1 aliphatic rings. The SMILES string of the molecule is c1ccc(CN2CCC[C@@H](c3cncc(-n4ccnc4)n3)C2)cc1. The zero-order valence-corrected chi connectivity index (χ0v) is 13.6. The second-order valence-corrected chi connectivity index (χ2v) is 6.33. The van der Waals surface area contributed by atoms with Gasteiger partial charge in [-0.05, 0) is 24.9 Å². The highest BCUT2D eigenvalue weighted by Crippen LogP contribution is 2.26. The van der Waals surface area contributed by atoms with Gasteiger partial charge >= 0.3 is 0 Å². The quantitative estimate of drug-likeness (QED) is 0.741. The lowest BCUT2D eigenvalue weighted by atomic mass is 9.94. The number of benzene rings is 1. The molecular weight excluding hydrogens is 298 g/mol. The smallest absolute Gasteiger partial charge is 0.156 e. The van der Waals surface area contributed by atoms with E-state index in [-0.39, 0.29) is 0 Å². The average Bonchev–Trinajstić information content (AvgIpc) is 3.18. The van der Waals surface area contributed by atoms with Gasteiger partial charge in [0.2, 0.25) is 0 Å². The topological polar surface area (TPSA) is 46.8 Å². The van der Waals surface area contributed by atoms with Crippen molar-refractivity contribution in [1.82, 2.24) is 24.4 Å². The number of nitrogens with zero attached hydrogens (tertiary/aromatic N) is 5. The molecule has 5 heteroatoms. The van der Waals surface area contributed by atoms with E-state index in [1.54, 1.807) is 18.7 Å². The van der Waals surface area contributed by atoms with Gasteiger partial charge in [0.05, 0.1) is 11.9 Å². The highest BCUT2D eigenvalue weighted by Gasteiger charge is 2.23. The predicted octanol–water partition coefficient (Wildman–Crippen LogP) is 3.04. The Kier molecular flexibility index (Phi) is 4.34. The first kappa shape index (κ1) is 15.0. The maximum absolute atomic E-state index is 4.81. The Morgan fingerprint density at radius 2 is 2.00 bits per heavy atom. The van der Waals surface area contributed by atoms with E-state index in [0.29, 0.717) is 5.92 Å². The van der Waals surface area contributed by atoms with Gasteiger partial charge in [-0.1, -0.05) is 30.3 Å². The first-order chi connectivity index (χ1) is 11.9. The minimum Gasteiger partial charge on any atom is -0.298 e. The van der Waals surface area contributed by atoms with Crippen molar-refractivity contribution in [2.75, 3.05) is 13.1 Å². The van der Waals surface area contributed by atoms with Gasteiger partial charge < -0.3 is 0 Å². The molecule has 0 unspecified atom stereocenters. The zero-order valence-electron chi connectivity index (χ0n) is 13.6. The molecular formula is C19H21N5. The molecule has 2 aromatic heterocycles. The lowest BCUT2D eigenvalue weighted by molar-refractivity contribution is 0.198. The summed E-state index contributed by atoms with van der Waals surface area (Å²) in [5.74, 6) is 1.28. The molecule has 1 saturated heterocycles. The summed E-state index contributed by atoms with van der Waals surface area (Å²) in [6, 6.07) is 10.7. The molecule has 1 aromatic carbocycles. The van der Waals surface area contributed by atoms with Gasteiger partial charge in [-0.25, -0.2) is 9.97 Å². The summed E-state index contributed by atoms with van der Waals surface area (Å²) in [4.78, 5) is 15.8. The van der Waals surface area contributed by atoms with E-state index in [2.05, 4.69) is 45.2 Å². The molecule has 5 nitrogen and oxygen atoms in total. The van der Waals surface area contributed by atoms with E-state index >= 15 is 0 Å². The van der Waals surface area contributed by atoms with E-state index < -0.39 is 0 Å². The van der Waals surface area contributed by atoms with Crippen LogP contribution in [0.25, 0.3) is 5.82 Å². The average molecular weight is 319 g/mol. The number of piperidine rings is 1. The van der Waals surface area contributed by atoms with Crippen molar-refractivity contribution >= 4 is 0 Å². The largest absolute Gasteiger partial charge is 0.298 e. The summed E-state index contributed by atoms with van der Waals surface area (Å²) in [7, 11) is 0. The van der Waals surface area contributed by atoms with Crippen LogP contribution in [0.3, 0.4) is 0 Å². The highest BCUT2D eigenvalue weighted by molar-refractivity contribution is 5.22. The lowest BCUT2D eigenvalue weighted by Crippen LogP contribution is -2.34. The Morgan fingerprint density at radius 3 is 2.83 bits per heavy atom. The molecule has 0 aliphatic carbocycles. The standard InChI is InChI=1S/C19H21N5/c1-2-5-16(6-3-1)13-23-9-4-7-17(14-23)18-11-21-12-19(22-18)24-10-8-20-15-24/h1-3,5-6,8,10-12,15,17H,4,7,9,13-14H2/t17-/m1/s1. The number of hydrogen-bond acceptors (Lipinski definition) is 4. The van der Waals surface area contributed by atoms with Crippen LogP contribution in [0.2, 0.25) is 0 Å². The molecule has 1 atom stereocenters. The van der Waals surface area contributed by atoms with Crippen LogP contribution >= 0.6 is 0 Å². The molecule has 0 bridgehead atoms. The molecule has 4 rings (SSSR count). The maximum Gasteiger partial charge on any atom is 0.156 e. The number of imidazole rings is 1. The van der Waals surface area contributed by atoms with Gasteiger partial charge in [0, 0.05) is 37.6 Å². The van der Waals surface area contributed by atoms with Crippen molar-refractivity contribution in [3.05, 3.63) is 72.7 Å². The summed E-state index contributed by atoms with van der Waals surface area (Å²) in [6.45, 7) is 3.20. The zero-order chi connectivity index (χ0) is 16.2. The summed E-state index contributed by atoms with van der Waals surface area (Å²) < 4.78 is 1.90. The molecule has 1 aliphatic heterocycles. The normalized spacial score (nSPS) is 18.6. The molecule has 0 amide bonds. The van der Waals surface area contributed by atoms with Crippen molar-refractivity contribution < 1.29 is 0 Å². The lowest BCUT2D eigenvalue weighted by Gasteiger charge is -2.32. The van der Waals surface area contributed by atoms with Crippen molar-refractivity contribution in [2.45, 2.75) is 25.3 Å². The van der Waals surface area contributed by atoms with Crippen molar-refractivity contribution in [3.8, 4) is 5.82 Å². The Bertz CT molecular complexity index is 769. The van der Waals surface area contributed by atoms with Crippen LogP contribution in [0.15, 0.2) is 61.4 Å². The van der Waals surface area contributed by atoms with E-state index in [1.807, 2.05) is 17.0 Å². The van der Waals surface area contributed by atoms with Crippen LogP contribution < -0.4 is 0 Å². The van der Waals surface area contributed by atoms with E-state index in [9.17, 15) is 0 Å². The minimum absolute atomic E-state index is 0.443. The molecule has 24 heavy (non-hydrogen) atoms. The Morgan fingerprint density at radius 1 is 1.08 bits per heavy atom. The molecule has 3 aromatic rings. The van der Waals surface area contributed by atoms with Gasteiger partial charge in [0.1, 0.15) is 6.33 Å². The third-order valence-corrected chi connectivity index (χ3v) is 4.58. The fourth-order valence-electron chi connectivity index (χ4n) is 3.37. The first-order valence-electron chi connectivity index (χ1n) is 8.45. The minimum atomic E-state index is 0.443. The van der Waals surface area contributed by atoms with Crippen LogP contribution in [-0.4, -0.2) is 37.5 Å². The number of likely N-dealkylation sites (tertiary alicyclic amines) is 1. The molecule has 0 radical (unpaired) electrons. The summed E-state index contributed by atoms with van der Waals surface area (Å²) in [5.41, 5.74) is 2.45. The van der Waals surface area contributed by atoms with Gasteiger partial charge in [0.25, 0.3) is 0 Å². The van der Waals surface area contributed by atoms with Gasteiger partial charge in [-0.15, -0.1) is 0 Å². The van der Waals surface area contributed by atoms with Crippen LogP contribution in [0.5, 0.6) is 0 Å². The summed E-state index contributed by atoms with van der Waals surface area (Å²) >= 11 is 0. The fourth-order valence-corrected chi connectivity index (χ4v) is 3.37. The van der Waals surface area contributed by atoms with E-state index in [4.69, 9.17) is 4.98 Å². The number of aromatic nitrogens is 4. The van der Waals surface area contributed by atoms with Gasteiger partial charge in [-0.2, -0.15) is 0 Å². The Labute approximate surface area is 142 Å². The van der Waals surface area contributed by atoms with Crippen LogP contribution in [0, 0.1) is 0 Å². The Balaban J connectivity index is 1.49. The molecule has 122 valence electrons. The molecule has 0 N–H and O–H groups in total. The molecule has 1 fully saturated rings. The molecule has 0 saturated carbocycles. The third kappa shape index (κ3) is 3.36. The number of hydrogen-bond donors (Lipinski definition) is 0. The van der Waals surface area contributed by atoms with Crippen molar-refractivity contribution in [2.24, 2.45) is 0 Å². The second-order valence-electron chi connectivity index (χ2n) is 6.33. The van der Waals surface area contributed by atoms with Crippen LogP contribution in [-0.2, 0) is 6.54 Å². The van der Waals surface area contributed by atoms with E-state index in [0.717, 1.165) is 31.1 Å². The summed E-state index contributed by atoms with van der Waals surface area (Å²) in [5, 5.41) is 0. The highest BCUT2D eigenvalue weighted by atomic mass is 15.1. The second kappa shape index (κ2) is 6.93. The van der Waals surface area contributed by atoms with E-state index in [1.165, 1.54) is 18.4 Å². The fraction of sp³-hybridized carbons (Fsp3) is 0.316. The maximum atomic E-state index is 4.81. The third-order valence-electron chi connectivity index (χ3n) is 4.58. The van der Waals surface area contributed by atoms with Gasteiger partial charge in [0.15, 0.2) is 5.82 Å². The Hall–Kier alpha value is -2.53. The van der Waals surface area contributed by atoms with Crippen LogP contribution in [0.4, 0.5) is 0 Å². The predicted molar refractivity (Wildman–Crippen MR) is 92.8 cm³/mol. The van der Waals surface area contributed by atoms with Crippen molar-refractivity contribution in [3.63, 3.8) is 0 Å². The van der Waals surface area contributed by atoms with Crippen LogP contribution in [0.1, 0.15) is 30.0 Å².